The van der Waals surface area contributed by atoms with Crippen LogP contribution >= 0.6 is 0 Å². The maximum absolute atomic E-state index is 13.3. The number of nitrogens with zero attached hydrogens (tertiary/aromatic N) is 2. The number of carbonyl (C=O) groups excluding carboxylic acids is 1. The van der Waals surface area contributed by atoms with Crippen LogP contribution in [-0.4, -0.2) is 36.1 Å². The number of Topliss-reactive ketones (excluding diaryl/α,β-unsaturated/α-hetero) is 1. The van der Waals surface area contributed by atoms with Crippen LogP contribution < -0.4 is 0 Å². The van der Waals surface area contributed by atoms with Gasteiger partial charge in [-0.1, -0.05) is 30.3 Å². The highest BCUT2D eigenvalue weighted by atomic mass is 32.2. The van der Waals surface area contributed by atoms with Gasteiger partial charge in [0, 0.05) is 36.2 Å². The van der Waals surface area contributed by atoms with Gasteiger partial charge in [-0.25, -0.2) is 8.42 Å². The number of aryl methyl sites for hydroxylation is 1. The molecule has 3 heterocycles. The summed E-state index contributed by atoms with van der Waals surface area (Å²) in [6.45, 7) is 0.239. The minimum atomic E-state index is -4.42. The third-order valence-corrected chi connectivity index (χ3v) is 8.30. The van der Waals surface area contributed by atoms with Crippen LogP contribution in [0, 0.1) is 0 Å². The minimum Gasteiger partial charge on any atom is -0.443 e. The van der Waals surface area contributed by atoms with E-state index in [1.807, 2.05) is 0 Å². The number of rotatable bonds is 7. The molecule has 10 heteroatoms. The number of carbonyl (C=O) groups is 1. The Morgan fingerprint density at radius 2 is 1.81 bits per heavy atom. The van der Waals surface area contributed by atoms with E-state index in [4.69, 9.17) is 4.42 Å². The third kappa shape index (κ3) is 5.17. The number of alkyl halides is 3. The van der Waals surface area contributed by atoms with Gasteiger partial charge in [0.25, 0.3) is 10.0 Å². The molecule has 1 atom stereocenters. The average molecular weight is 529 g/mol. The molecule has 192 valence electrons. The number of fused-ring (bicyclic) bond motifs is 1. The van der Waals surface area contributed by atoms with Crippen LogP contribution in [0.2, 0.25) is 0 Å². The first-order valence-corrected chi connectivity index (χ1v) is 13.2. The number of para-hydroxylation sites is 1. The molecule has 0 aliphatic carbocycles. The monoisotopic (exact) mass is 528 g/mol. The molecule has 0 bridgehead atoms. The molecule has 0 radical (unpaired) electrons. The fraction of sp³-hybridized carbons (Fsp3) is 0.259. The van der Waals surface area contributed by atoms with Gasteiger partial charge in [0.05, 0.1) is 17.3 Å². The molecule has 2 aromatic heterocycles. The molecule has 1 unspecified atom stereocenters. The topological polar surface area (TPSA) is 80.5 Å². The fourth-order valence-electron chi connectivity index (χ4n) is 4.60. The van der Waals surface area contributed by atoms with Crippen molar-refractivity contribution >= 4 is 26.8 Å². The Balaban J connectivity index is 1.28. The molecule has 1 saturated heterocycles. The Labute approximate surface area is 211 Å². The highest BCUT2D eigenvalue weighted by Crippen LogP contribution is 2.32. The van der Waals surface area contributed by atoms with E-state index in [1.165, 1.54) is 22.5 Å². The van der Waals surface area contributed by atoms with Crippen LogP contribution in [0.25, 0.3) is 22.2 Å². The van der Waals surface area contributed by atoms with E-state index in [9.17, 15) is 26.4 Å². The van der Waals surface area contributed by atoms with Gasteiger partial charge in [0.1, 0.15) is 5.58 Å². The standard InChI is InChI=1S/C27H23F3N2O4S/c28-27(29,30)21-10-8-19(9-11-21)22-16-18(13-14-31-22)7-12-24(33)23-5-3-15-32(23)37(34,35)26-17-20-4-1-2-6-25(20)36-26/h1-2,4,6,8-11,13-14,16-17,23H,3,5,7,12,15H2. The summed E-state index contributed by atoms with van der Waals surface area (Å²) < 4.78 is 71.9. The highest BCUT2D eigenvalue weighted by Gasteiger charge is 2.40. The number of furan rings is 1. The lowest BCUT2D eigenvalue weighted by Crippen LogP contribution is -2.40. The zero-order valence-corrected chi connectivity index (χ0v) is 20.4. The number of hydrogen-bond donors (Lipinski definition) is 0. The number of pyridine rings is 1. The summed E-state index contributed by atoms with van der Waals surface area (Å²) >= 11 is 0. The van der Waals surface area contributed by atoms with E-state index in [2.05, 4.69) is 4.98 Å². The molecule has 0 spiro atoms. The van der Waals surface area contributed by atoms with Crippen molar-refractivity contribution in [2.75, 3.05) is 6.54 Å². The van der Waals surface area contributed by atoms with E-state index in [-0.39, 0.29) is 23.8 Å². The fourth-order valence-corrected chi connectivity index (χ4v) is 6.23. The molecular weight excluding hydrogens is 505 g/mol. The van der Waals surface area contributed by atoms with E-state index < -0.39 is 27.8 Å². The van der Waals surface area contributed by atoms with Gasteiger partial charge in [0.15, 0.2) is 5.78 Å². The van der Waals surface area contributed by atoms with Crippen molar-refractivity contribution < 1.29 is 30.8 Å². The lowest BCUT2D eigenvalue weighted by molar-refractivity contribution is -0.137. The van der Waals surface area contributed by atoms with Gasteiger partial charge in [-0.05, 0) is 55.2 Å². The Kier molecular flexibility index (Phi) is 6.63. The number of halogens is 3. The van der Waals surface area contributed by atoms with Crippen LogP contribution in [-0.2, 0) is 27.4 Å². The Morgan fingerprint density at radius 1 is 1.05 bits per heavy atom. The Morgan fingerprint density at radius 3 is 2.54 bits per heavy atom. The minimum absolute atomic E-state index is 0.118. The second kappa shape index (κ2) is 9.75. The van der Waals surface area contributed by atoms with Crippen LogP contribution in [0.1, 0.15) is 30.4 Å². The predicted octanol–water partition coefficient (Wildman–Crippen LogP) is 5.87. The van der Waals surface area contributed by atoms with Gasteiger partial charge < -0.3 is 4.42 Å². The van der Waals surface area contributed by atoms with Crippen LogP contribution in [0.5, 0.6) is 0 Å². The summed E-state index contributed by atoms with van der Waals surface area (Å²) in [7, 11) is -3.98. The SMILES string of the molecule is O=C(CCc1ccnc(-c2ccc(C(F)(F)F)cc2)c1)C1CCCN1S(=O)(=O)c1cc2ccccc2o1. The van der Waals surface area contributed by atoms with Crippen molar-refractivity contribution in [3.05, 3.63) is 84.1 Å². The first-order chi connectivity index (χ1) is 17.6. The van der Waals surface area contributed by atoms with Gasteiger partial charge in [-0.3, -0.25) is 9.78 Å². The first kappa shape index (κ1) is 25.2. The normalized spacial score (nSPS) is 16.9. The van der Waals surface area contributed by atoms with Gasteiger partial charge in [0.2, 0.25) is 5.09 Å². The Hall–Kier alpha value is -3.50. The number of sulfonamides is 1. The molecular formula is C27H23F3N2O4S. The molecule has 6 nitrogen and oxygen atoms in total. The Bertz CT molecular complexity index is 1510. The molecule has 0 saturated carbocycles. The molecule has 0 amide bonds. The van der Waals surface area contributed by atoms with Crippen molar-refractivity contribution in [3.63, 3.8) is 0 Å². The smallest absolute Gasteiger partial charge is 0.416 e. The summed E-state index contributed by atoms with van der Waals surface area (Å²) in [4.78, 5) is 17.3. The number of hydrogen-bond acceptors (Lipinski definition) is 5. The average Bonchev–Trinajstić information content (AvgIpc) is 3.55. The summed E-state index contributed by atoms with van der Waals surface area (Å²) in [6, 6.07) is 15.9. The van der Waals surface area contributed by atoms with Crippen molar-refractivity contribution in [1.29, 1.82) is 0 Å². The molecule has 4 aromatic rings. The number of aromatic nitrogens is 1. The second-order valence-corrected chi connectivity index (χ2v) is 10.8. The summed E-state index contributed by atoms with van der Waals surface area (Å²) in [5.74, 6) is -0.190. The van der Waals surface area contributed by atoms with Gasteiger partial charge in [-0.15, -0.1) is 0 Å². The predicted molar refractivity (Wildman–Crippen MR) is 131 cm³/mol. The van der Waals surface area contributed by atoms with E-state index >= 15 is 0 Å². The molecule has 0 N–H and O–H groups in total. The largest absolute Gasteiger partial charge is 0.443 e. The highest BCUT2D eigenvalue weighted by molar-refractivity contribution is 7.89. The molecule has 5 rings (SSSR count). The summed E-state index contributed by atoms with van der Waals surface area (Å²) in [5, 5.41) is 0.494. The third-order valence-electron chi connectivity index (χ3n) is 6.53. The van der Waals surface area contributed by atoms with Gasteiger partial charge >= 0.3 is 6.18 Å². The van der Waals surface area contributed by atoms with Crippen molar-refractivity contribution in [3.8, 4) is 11.3 Å². The first-order valence-electron chi connectivity index (χ1n) is 11.8. The lowest BCUT2D eigenvalue weighted by atomic mass is 10.0. The van der Waals surface area contributed by atoms with Gasteiger partial charge in [-0.2, -0.15) is 17.5 Å². The van der Waals surface area contributed by atoms with Crippen LogP contribution in [0.15, 0.2) is 82.4 Å². The van der Waals surface area contributed by atoms with E-state index in [0.717, 1.165) is 17.7 Å². The summed E-state index contributed by atoms with van der Waals surface area (Å²) in [6.07, 6.45) is -1.40. The van der Waals surface area contributed by atoms with E-state index in [1.54, 1.807) is 42.6 Å². The number of benzene rings is 2. The molecule has 2 aromatic carbocycles. The zero-order chi connectivity index (χ0) is 26.2. The zero-order valence-electron chi connectivity index (χ0n) is 19.6. The van der Waals surface area contributed by atoms with Crippen LogP contribution in [0.3, 0.4) is 0 Å². The quantitative estimate of drug-likeness (QED) is 0.300. The molecule has 37 heavy (non-hydrogen) atoms. The molecule has 1 fully saturated rings. The van der Waals surface area contributed by atoms with Crippen molar-refractivity contribution in [2.45, 2.75) is 43.0 Å². The summed E-state index contributed by atoms with van der Waals surface area (Å²) in [5.41, 5.74) is 1.53. The maximum Gasteiger partial charge on any atom is 0.416 e. The van der Waals surface area contributed by atoms with E-state index in [0.29, 0.717) is 41.5 Å². The second-order valence-electron chi connectivity index (χ2n) is 8.97. The lowest BCUT2D eigenvalue weighted by Gasteiger charge is -2.21. The van der Waals surface area contributed by atoms with Crippen molar-refractivity contribution in [1.82, 2.24) is 9.29 Å². The maximum atomic E-state index is 13.3. The number of ketones is 1. The van der Waals surface area contributed by atoms with Crippen LogP contribution in [0.4, 0.5) is 13.2 Å². The molecule has 1 aliphatic heterocycles. The molecule has 1 aliphatic rings. The van der Waals surface area contributed by atoms with Crippen molar-refractivity contribution in [2.24, 2.45) is 0 Å².